The van der Waals surface area contributed by atoms with Crippen LogP contribution in [-0.4, -0.2) is 25.0 Å². The second kappa shape index (κ2) is 6.89. The number of hydrogen-bond donors (Lipinski definition) is 2. The molecule has 0 aromatic carbocycles. The molecule has 2 unspecified atom stereocenters. The fraction of sp³-hybridized carbons (Fsp3) is 0.923. The Kier molecular flexibility index (Phi) is 5.81. The minimum Gasteiger partial charge on any atom is -0.353 e. The minimum atomic E-state index is 0.237. The van der Waals surface area contributed by atoms with Crippen LogP contribution in [0.3, 0.4) is 0 Å². The van der Waals surface area contributed by atoms with E-state index < -0.39 is 0 Å². The molecule has 0 aliphatic carbocycles. The van der Waals surface area contributed by atoms with E-state index in [1.54, 1.807) is 0 Å². The molecule has 2 N–H and O–H groups in total. The maximum absolute atomic E-state index is 11.9. The van der Waals surface area contributed by atoms with E-state index in [0.29, 0.717) is 12.0 Å². The summed E-state index contributed by atoms with van der Waals surface area (Å²) in [7, 11) is 0. The molecule has 0 bridgehead atoms. The molecule has 0 aromatic heterocycles. The predicted molar refractivity (Wildman–Crippen MR) is 67.3 cm³/mol. The van der Waals surface area contributed by atoms with Gasteiger partial charge in [-0.25, -0.2) is 0 Å². The molecule has 1 rings (SSSR count). The number of piperidine rings is 1. The van der Waals surface area contributed by atoms with Crippen LogP contribution in [0.25, 0.3) is 0 Å². The van der Waals surface area contributed by atoms with Gasteiger partial charge in [0.05, 0.1) is 0 Å². The van der Waals surface area contributed by atoms with Gasteiger partial charge in [-0.05, 0) is 45.2 Å². The topological polar surface area (TPSA) is 41.1 Å². The number of carbonyl (C=O) groups is 1. The molecule has 0 radical (unpaired) electrons. The summed E-state index contributed by atoms with van der Waals surface area (Å²) in [5, 5.41) is 6.43. The van der Waals surface area contributed by atoms with Crippen molar-refractivity contribution in [3.8, 4) is 0 Å². The molecule has 3 nitrogen and oxygen atoms in total. The smallest absolute Gasteiger partial charge is 0.223 e. The Hall–Kier alpha value is -0.570. The molecule has 1 fully saturated rings. The number of nitrogens with one attached hydrogen (secondary N) is 2. The lowest BCUT2D eigenvalue weighted by Gasteiger charge is -2.24. The molecule has 2 atom stereocenters. The third-order valence-electron chi connectivity index (χ3n) is 3.55. The summed E-state index contributed by atoms with van der Waals surface area (Å²) in [6, 6.07) is 0.317. The number of amides is 1. The summed E-state index contributed by atoms with van der Waals surface area (Å²) in [4.78, 5) is 11.9. The van der Waals surface area contributed by atoms with Gasteiger partial charge in [0.25, 0.3) is 0 Å². The van der Waals surface area contributed by atoms with Crippen molar-refractivity contribution >= 4 is 5.91 Å². The van der Waals surface area contributed by atoms with E-state index in [2.05, 4.69) is 31.4 Å². The van der Waals surface area contributed by atoms with Gasteiger partial charge < -0.3 is 10.6 Å². The van der Waals surface area contributed by atoms with Gasteiger partial charge in [0.1, 0.15) is 0 Å². The molecule has 1 saturated heterocycles. The van der Waals surface area contributed by atoms with E-state index in [0.717, 1.165) is 32.4 Å². The standard InChI is InChI=1S/C13H26N2O/c1-4-10(2)9-11(3)15-13(16)12-5-7-14-8-6-12/h10-12,14H,4-9H2,1-3H3,(H,15,16). The molecule has 1 amide bonds. The van der Waals surface area contributed by atoms with Gasteiger partial charge in [0.2, 0.25) is 5.91 Å². The predicted octanol–water partition coefficient (Wildman–Crippen LogP) is 1.93. The van der Waals surface area contributed by atoms with Gasteiger partial charge in [-0.15, -0.1) is 0 Å². The second-order valence-corrected chi connectivity index (χ2v) is 5.18. The Labute approximate surface area is 99.4 Å². The van der Waals surface area contributed by atoms with Crippen molar-refractivity contribution in [1.29, 1.82) is 0 Å². The molecule has 1 aliphatic heterocycles. The third kappa shape index (κ3) is 4.52. The van der Waals surface area contributed by atoms with Crippen molar-refractivity contribution < 1.29 is 4.79 Å². The lowest BCUT2D eigenvalue weighted by Crippen LogP contribution is -2.42. The van der Waals surface area contributed by atoms with E-state index >= 15 is 0 Å². The zero-order valence-corrected chi connectivity index (χ0v) is 10.9. The van der Waals surface area contributed by atoms with Gasteiger partial charge in [-0.3, -0.25) is 4.79 Å². The Balaban J connectivity index is 2.26. The van der Waals surface area contributed by atoms with Gasteiger partial charge in [-0.1, -0.05) is 20.3 Å². The summed E-state index contributed by atoms with van der Waals surface area (Å²) in [6.45, 7) is 8.53. The van der Waals surface area contributed by atoms with Crippen LogP contribution < -0.4 is 10.6 Å². The lowest BCUT2D eigenvalue weighted by atomic mass is 9.95. The summed E-state index contributed by atoms with van der Waals surface area (Å²) >= 11 is 0. The number of carbonyl (C=O) groups excluding carboxylic acids is 1. The van der Waals surface area contributed by atoms with E-state index in [1.807, 2.05) is 0 Å². The first-order chi connectivity index (χ1) is 7.63. The average molecular weight is 226 g/mol. The normalized spacial score (nSPS) is 21.4. The SMILES string of the molecule is CCC(C)CC(C)NC(=O)C1CCNCC1. The van der Waals surface area contributed by atoms with E-state index in [4.69, 9.17) is 0 Å². The van der Waals surface area contributed by atoms with E-state index in [-0.39, 0.29) is 11.8 Å². The third-order valence-corrected chi connectivity index (χ3v) is 3.55. The molecule has 0 saturated carbocycles. The highest BCUT2D eigenvalue weighted by Crippen LogP contribution is 2.14. The highest BCUT2D eigenvalue weighted by molar-refractivity contribution is 5.79. The van der Waals surface area contributed by atoms with Gasteiger partial charge in [0.15, 0.2) is 0 Å². The molecule has 0 aromatic rings. The quantitative estimate of drug-likeness (QED) is 0.752. The summed E-state index contributed by atoms with van der Waals surface area (Å²) in [5.41, 5.74) is 0. The zero-order valence-electron chi connectivity index (χ0n) is 10.9. The summed E-state index contributed by atoms with van der Waals surface area (Å²) < 4.78 is 0. The Bertz CT molecular complexity index is 212. The fourth-order valence-electron chi connectivity index (χ4n) is 2.27. The van der Waals surface area contributed by atoms with Gasteiger partial charge >= 0.3 is 0 Å². The lowest BCUT2D eigenvalue weighted by molar-refractivity contribution is -0.126. The van der Waals surface area contributed by atoms with Crippen molar-refractivity contribution in [3.63, 3.8) is 0 Å². The van der Waals surface area contributed by atoms with Crippen LogP contribution in [0, 0.1) is 11.8 Å². The molecular weight excluding hydrogens is 200 g/mol. The maximum atomic E-state index is 11.9. The molecule has 0 spiro atoms. The molecular formula is C13H26N2O. The maximum Gasteiger partial charge on any atom is 0.223 e. The first-order valence-electron chi connectivity index (χ1n) is 6.64. The zero-order chi connectivity index (χ0) is 12.0. The molecule has 16 heavy (non-hydrogen) atoms. The molecule has 3 heteroatoms. The number of rotatable bonds is 5. The molecule has 94 valence electrons. The van der Waals surface area contributed by atoms with Crippen molar-refractivity contribution in [2.45, 2.75) is 52.5 Å². The molecule has 1 aliphatic rings. The Morgan fingerprint density at radius 3 is 2.56 bits per heavy atom. The monoisotopic (exact) mass is 226 g/mol. The first-order valence-corrected chi connectivity index (χ1v) is 6.64. The van der Waals surface area contributed by atoms with Crippen LogP contribution in [0.15, 0.2) is 0 Å². The van der Waals surface area contributed by atoms with Crippen LogP contribution in [0.4, 0.5) is 0 Å². The van der Waals surface area contributed by atoms with Crippen molar-refractivity contribution in [2.75, 3.05) is 13.1 Å². The largest absolute Gasteiger partial charge is 0.353 e. The molecule has 1 heterocycles. The van der Waals surface area contributed by atoms with E-state index in [9.17, 15) is 4.79 Å². The van der Waals surface area contributed by atoms with Crippen molar-refractivity contribution in [3.05, 3.63) is 0 Å². The van der Waals surface area contributed by atoms with Crippen molar-refractivity contribution in [2.24, 2.45) is 11.8 Å². The minimum absolute atomic E-state index is 0.237. The van der Waals surface area contributed by atoms with Crippen LogP contribution in [0.5, 0.6) is 0 Å². The Morgan fingerprint density at radius 2 is 2.00 bits per heavy atom. The summed E-state index contributed by atoms with van der Waals surface area (Å²) in [5.74, 6) is 1.20. The highest BCUT2D eigenvalue weighted by atomic mass is 16.1. The first kappa shape index (κ1) is 13.5. The summed E-state index contributed by atoms with van der Waals surface area (Å²) in [6.07, 6.45) is 4.25. The van der Waals surface area contributed by atoms with Crippen LogP contribution in [0.1, 0.15) is 46.5 Å². The Morgan fingerprint density at radius 1 is 1.38 bits per heavy atom. The van der Waals surface area contributed by atoms with E-state index in [1.165, 1.54) is 6.42 Å². The fourth-order valence-corrected chi connectivity index (χ4v) is 2.27. The highest BCUT2D eigenvalue weighted by Gasteiger charge is 2.22. The number of hydrogen-bond acceptors (Lipinski definition) is 2. The average Bonchev–Trinajstić information content (AvgIpc) is 2.29. The van der Waals surface area contributed by atoms with Gasteiger partial charge in [0, 0.05) is 12.0 Å². The van der Waals surface area contributed by atoms with Crippen LogP contribution >= 0.6 is 0 Å². The van der Waals surface area contributed by atoms with Gasteiger partial charge in [-0.2, -0.15) is 0 Å². The van der Waals surface area contributed by atoms with Crippen molar-refractivity contribution in [1.82, 2.24) is 10.6 Å². The van der Waals surface area contributed by atoms with Crippen LogP contribution in [-0.2, 0) is 4.79 Å². The van der Waals surface area contributed by atoms with Crippen LogP contribution in [0.2, 0.25) is 0 Å². The second-order valence-electron chi connectivity index (χ2n) is 5.18.